The average molecular weight is 438 g/mol. The Kier molecular flexibility index (Phi) is 7.66. The Balaban J connectivity index is 1.23. The van der Waals surface area contributed by atoms with Crippen LogP contribution in [0.1, 0.15) is 82.6 Å². The van der Waals surface area contributed by atoms with Gasteiger partial charge < -0.3 is 4.74 Å². The highest BCUT2D eigenvalue weighted by Gasteiger charge is 2.39. The van der Waals surface area contributed by atoms with Crippen molar-refractivity contribution in [1.82, 2.24) is 0 Å². The first kappa shape index (κ1) is 23.0. The number of hydrogen-bond donors (Lipinski definition) is 0. The van der Waals surface area contributed by atoms with Crippen LogP contribution in [0.25, 0.3) is 0 Å². The summed E-state index contributed by atoms with van der Waals surface area (Å²) in [5.41, 5.74) is -0.0368. The minimum atomic E-state index is -0.646. The maximum atomic E-state index is 13.8. The summed E-state index contributed by atoms with van der Waals surface area (Å²) in [5.74, 6) is 3.53. The maximum Gasteiger partial charge on any atom is 0.314 e. The van der Waals surface area contributed by atoms with Crippen molar-refractivity contribution >= 4 is 5.97 Å². The highest BCUT2D eigenvalue weighted by atomic mass is 19.1. The second-order valence-corrected chi connectivity index (χ2v) is 10.4. The molecule has 3 fully saturated rings. The van der Waals surface area contributed by atoms with Crippen LogP contribution in [0.2, 0.25) is 0 Å². The number of hydrogen-bond acceptors (Lipinski definition) is 3. The second-order valence-electron chi connectivity index (χ2n) is 10.4. The lowest BCUT2D eigenvalue weighted by Crippen LogP contribution is -2.35. The van der Waals surface area contributed by atoms with Gasteiger partial charge >= 0.3 is 5.97 Å². The number of nitrogens with zero attached hydrogens (tertiary/aromatic N) is 1. The summed E-state index contributed by atoms with van der Waals surface area (Å²) in [6.07, 6.45) is 16.9. The third-order valence-electron chi connectivity index (χ3n) is 8.59. The molecule has 0 saturated heterocycles. The zero-order valence-electron chi connectivity index (χ0n) is 19.1. The first-order chi connectivity index (χ1) is 15.6. The fraction of sp³-hybridized carbons (Fsp3) is 0.643. The molecule has 0 N–H and O–H groups in total. The minimum Gasteiger partial charge on any atom is -0.426 e. The van der Waals surface area contributed by atoms with Crippen molar-refractivity contribution in [3.8, 4) is 11.8 Å². The van der Waals surface area contributed by atoms with E-state index in [0.717, 1.165) is 67.8 Å². The van der Waals surface area contributed by atoms with E-state index < -0.39 is 5.82 Å². The largest absolute Gasteiger partial charge is 0.426 e. The number of ether oxygens (including phenoxy) is 1. The lowest BCUT2D eigenvalue weighted by Gasteiger charge is -2.45. The van der Waals surface area contributed by atoms with Gasteiger partial charge in [-0.25, -0.2) is 4.39 Å². The van der Waals surface area contributed by atoms with Gasteiger partial charge in [-0.3, -0.25) is 4.79 Å². The van der Waals surface area contributed by atoms with E-state index in [0.29, 0.717) is 0 Å². The van der Waals surface area contributed by atoms with Crippen molar-refractivity contribution in [2.24, 2.45) is 35.5 Å². The van der Waals surface area contributed by atoms with Crippen LogP contribution in [0.15, 0.2) is 30.9 Å². The Hall–Kier alpha value is -2.15. The molecule has 0 heterocycles. The van der Waals surface area contributed by atoms with Crippen molar-refractivity contribution in [2.75, 3.05) is 0 Å². The summed E-state index contributed by atoms with van der Waals surface area (Å²) in [4.78, 5) is 12.6. The number of carbonyl (C=O) groups excluding carboxylic acids is 1. The van der Waals surface area contributed by atoms with E-state index in [2.05, 4.69) is 12.7 Å². The molecule has 4 atom stereocenters. The van der Waals surface area contributed by atoms with Gasteiger partial charge in [0, 0.05) is 6.07 Å². The molecule has 4 rings (SSSR count). The van der Waals surface area contributed by atoms with Crippen molar-refractivity contribution in [3.05, 3.63) is 42.2 Å². The molecule has 0 bridgehead atoms. The molecule has 4 unspecified atom stereocenters. The number of fused-ring (bicyclic) bond motifs is 1. The van der Waals surface area contributed by atoms with Crippen molar-refractivity contribution < 1.29 is 13.9 Å². The molecular weight excluding hydrogens is 401 g/mol. The quantitative estimate of drug-likeness (QED) is 0.268. The molecule has 32 heavy (non-hydrogen) atoms. The van der Waals surface area contributed by atoms with Crippen LogP contribution in [0.5, 0.6) is 5.75 Å². The van der Waals surface area contributed by atoms with Gasteiger partial charge in [-0.1, -0.05) is 12.5 Å². The molecule has 3 nitrogen and oxygen atoms in total. The average Bonchev–Trinajstić information content (AvgIpc) is 2.82. The molecule has 1 aromatic rings. The molecule has 0 spiro atoms. The van der Waals surface area contributed by atoms with E-state index in [9.17, 15) is 9.18 Å². The highest BCUT2D eigenvalue weighted by Crippen LogP contribution is 2.49. The summed E-state index contributed by atoms with van der Waals surface area (Å²) >= 11 is 0. The standard InChI is InChI=1S/C28H36FNO2/c1-2-3-4-19-5-6-24-16-23(12-11-22(24)15-19)20-7-9-21(10-8-20)28(31)32-26-14-13-25(18-30)27(29)17-26/h2,13-14,17,19-24H,1,3-12,15-16H2. The molecule has 0 aromatic heterocycles. The maximum absolute atomic E-state index is 13.8. The third-order valence-corrected chi connectivity index (χ3v) is 8.59. The summed E-state index contributed by atoms with van der Waals surface area (Å²) in [5, 5.41) is 8.83. The second kappa shape index (κ2) is 10.6. The predicted molar refractivity (Wildman–Crippen MR) is 123 cm³/mol. The lowest BCUT2D eigenvalue weighted by atomic mass is 9.60. The summed E-state index contributed by atoms with van der Waals surface area (Å²) in [6.45, 7) is 3.88. The predicted octanol–water partition coefficient (Wildman–Crippen LogP) is 7.21. The molecule has 3 aliphatic carbocycles. The molecule has 3 aliphatic rings. The van der Waals surface area contributed by atoms with Gasteiger partial charge in [0.2, 0.25) is 0 Å². The number of carbonyl (C=O) groups is 1. The third kappa shape index (κ3) is 5.42. The van der Waals surface area contributed by atoms with Crippen LogP contribution >= 0.6 is 0 Å². The Morgan fingerprint density at radius 1 is 1.03 bits per heavy atom. The van der Waals surface area contributed by atoms with Crippen LogP contribution in [-0.4, -0.2) is 5.97 Å². The molecule has 0 aliphatic heterocycles. The number of nitriles is 1. The number of halogens is 1. The van der Waals surface area contributed by atoms with Crippen LogP contribution < -0.4 is 4.74 Å². The topological polar surface area (TPSA) is 50.1 Å². The fourth-order valence-corrected chi connectivity index (χ4v) is 6.74. The molecule has 4 heteroatoms. The zero-order chi connectivity index (χ0) is 22.5. The number of esters is 1. The number of rotatable bonds is 6. The van der Waals surface area contributed by atoms with Gasteiger partial charge in [0.05, 0.1) is 11.5 Å². The number of allylic oxidation sites excluding steroid dienone is 1. The monoisotopic (exact) mass is 437 g/mol. The van der Waals surface area contributed by atoms with E-state index in [-0.39, 0.29) is 23.2 Å². The summed E-state index contributed by atoms with van der Waals surface area (Å²) in [7, 11) is 0. The Bertz CT molecular complexity index is 851. The molecule has 172 valence electrons. The lowest BCUT2D eigenvalue weighted by molar-refractivity contribution is -0.140. The molecule has 1 aromatic carbocycles. The Labute approximate surface area is 192 Å². The highest BCUT2D eigenvalue weighted by molar-refractivity contribution is 5.75. The van der Waals surface area contributed by atoms with E-state index in [1.165, 1.54) is 57.1 Å². The first-order valence-electron chi connectivity index (χ1n) is 12.6. The van der Waals surface area contributed by atoms with Crippen molar-refractivity contribution in [3.63, 3.8) is 0 Å². The first-order valence-corrected chi connectivity index (χ1v) is 12.6. The SMILES string of the molecule is C=CCCC1CCC2CC(C3CCC(C(=O)Oc4ccc(C#N)c(F)c4)CC3)CCC2C1. The van der Waals surface area contributed by atoms with Crippen LogP contribution in [0, 0.1) is 52.7 Å². The Morgan fingerprint density at radius 2 is 1.69 bits per heavy atom. The van der Waals surface area contributed by atoms with Gasteiger partial charge in [0.15, 0.2) is 0 Å². The zero-order valence-corrected chi connectivity index (χ0v) is 19.1. The van der Waals surface area contributed by atoms with Gasteiger partial charge in [-0.05, 0) is 112 Å². The van der Waals surface area contributed by atoms with Gasteiger partial charge in [0.25, 0.3) is 0 Å². The van der Waals surface area contributed by atoms with Gasteiger partial charge in [0.1, 0.15) is 17.6 Å². The van der Waals surface area contributed by atoms with Crippen LogP contribution in [0.4, 0.5) is 4.39 Å². The summed E-state index contributed by atoms with van der Waals surface area (Å²) < 4.78 is 19.2. The van der Waals surface area contributed by atoms with Crippen LogP contribution in [0.3, 0.4) is 0 Å². The molecule has 0 radical (unpaired) electrons. The molecular formula is C28H36FNO2. The number of benzene rings is 1. The van der Waals surface area contributed by atoms with E-state index in [1.807, 2.05) is 0 Å². The smallest absolute Gasteiger partial charge is 0.314 e. The van der Waals surface area contributed by atoms with Gasteiger partial charge in [-0.15, -0.1) is 6.58 Å². The van der Waals surface area contributed by atoms with Gasteiger partial charge in [-0.2, -0.15) is 5.26 Å². The Morgan fingerprint density at radius 3 is 2.38 bits per heavy atom. The molecule has 0 amide bonds. The van der Waals surface area contributed by atoms with Crippen LogP contribution in [-0.2, 0) is 4.79 Å². The van der Waals surface area contributed by atoms with Crippen molar-refractivity contribution in [1.29, 1.82) is 5.26 Å². The van der Waals surface area contributed by atoms with E-state index in [1.54, 1.807) is 6.07 Å². The van der Waals surface area contributed by atoms with E-state index in [4.69, 9.17) is 10.00 Å². The summed E-state index contributed by atoms with van der Waals surface area (Å²) in [6, 6.07) is 5.77. The van der Waals surface area contributed by atoms with Crippen molar-refractivity contribution in [2.45, 2.75) is 77.0 Å². The normalized spacial score (nSPS) is 32.4. The van der Waals surface area contributed by atoms with E-state index >= 15 is 0 Å². The molecule has 3 saturated carbocycles. The fourth-order valence-electron chi connectivity index (χ4n) is 6.74. The minimum absolute atomic E-state index is 0.0368.